The Hall–Kier alpha value is -0.990. The topological polar surface area (TPSA) is 96.4 Å². The first-order valence-corrected chi connectivity index (χ1v) is 7.53. The van der Waals surface area contributed by atoms with Gasteiger partial charge in [0.1, 0.15) is 0 Å². The van der Waals surface area contributed by atoms with Gasteiger partial charge in [-0.05, 0) is 12.3 Å². The first kappa shape index (κ1) is 12.5. The van der Waals surface area contributed by atoms with Gasteiger partial charge in [-0.1, -0.05) is 12.8 Å². The molecule has 0 bridgehead atoms. The number of rotatable bonds is 6. The minimum Gasteiger partial charge on any atom is -0.476 e. The van der Waals surface area contributed by atoms with E-state index in [1.54, 1.807) is 0 Å². The number of nitrogens with zero attached hydrogens (tertiary/aromatic N) is 1. The van der Waals surface area contributed by atoms with Crippen LogP contribution in [0.2, 0.25) is 0 Å². The van der Waals surface area contributed by atoms with E-state index in [0.717, 1.165) is 30.6 Å². The van der Waals surface area contributed by atoms with Crippen molar-refractivity contribution in [3.05, 3.63) is 11.2 Å². The maximum absolute atomic E-state index is 11.8. The summed E-state index contributed by atoms with van der Waals surface area (Å²) >= 11 is 0.817. The summed E-state index contributed by atoms with van der Waals surface area (Å²) in [6.07, 6.45) is 3.12. The Balaban J connectivity index is 2.07. The fourth-order valence-corrected chi connectivity index (χ4v) is 3.67. The lowest BCUT2D eigenvalue weighted by molar-refractivity contribution is 0.0687. The lowest BCUT2D eigenvalue weighted by atomic mass is 10.3. The SMILES string of the molecule is O=C(O)c1ncsc1S(=O)(=O)NCCC1CC1. The fourth-order valence-electron chi connectivity index (χ4n) is 1.44. The van der Waals surface area contributed by atoms with Gasteiger partial charge in [0.25, 0.3) is 10.0 Å². The van der Waals surface area contributed by atoms with Crippen LogP contribution in [0.4, 0.5) is 0 Å². The largest absolute Gasteiger partial charge is 0.476 e. The predicted molar refractivity (Wildman–Crippen MR) is 61.6 cm³/mol. The summed E-state index contributed by atoms with van der Waals surface area (Å²) in [6, 6.07) is 0. The molecule has 1 aliphatic carbocycles. The minimum atomic E-state index is -3.74. The van der Waals surface area contributed by atoms with Crippen LogP contribution in [0.3, 0.4) is 0 Å². The Kier molecular flexibility index (Phi) is 3.45. The van der Waals surface area contributed by atoms with Gasteiger partial charge in [-0.25, -0.2) is 22.9 Å². The standard InChI is InChI=1S/C9H12N2O4S2/c12-8(13)7-9(16-5-10-7)17(14,15)11-4-3-6-1-2-6/h5-6,11H,1-4H2,(H,12,13). The van der Waals surface area contributed by atoms with Crippen molar-refractivity contribution in [1.82, 2.24) is 9.71 Å². The van der Waals surface area contributed by atoms with Crippen molar-refractivity contribution in [3.8, 4) is 0 Å². The van der Waals surface area contributed by atoms with Gasteiger partial charge in [-0.3, -0.25) is 0 Å². The van der Waals surface area contributed by atoms with Crippen LogP contribution < -0.4 is 4.72 Å². The summed E-state index contributed by atoms with van der Waals surface area (Å²) < 4.78 is 25.8. The average Bonchev–Trinajstić information content (AvgIpc) is 2.92. The summed E-state index contributed by atoms with van der Waals surface area (Å²) in [5, 5.41) is 8.79. The maximum Gasteiger partial charge on any atom is 0.356 e. The van der Waals surface area contributed by atoms with Crippen molar-refractivity contribution >= 4 is 27.3 Å². The number of carboxylic acids is 1. The van der Waals surface area contributed by atoms with Crippen LogP contribution in [-0.4, -0.2) is 31.0 Å². The number of hydrogen-bond donors (Lipinski definition) is 2. The van der Waals surface area contributed by atoms with Crippen molar-refractivity contribution in [2.24, 2.45) is 5.92 Å². The summed E-state index contributed by atoms with van der Waals surface area (Å²) in [6.45, 7) is 0.351. The molecule has 0 radical (unpaired) electrons. The number of sulfonamides is 1. The highest BCUT2D eigenvalue weighted by atomic mass is 32.2. The lowest BCUT2D eigenvalue weighted by Crippen LogP contribution is -2.25. The van der Waals surface area contributed by atoms with E-state index in [-0.39, 0.29) is 4.21 Å². The first-order valence-electron chi connectivity index (χ1n) is 5.17. The monoisotopic (exact) mass is 276 g/mol. The Morgan fingerprint density at radius 2 is 2.29 bits per heavy atom. The Labute approximate surface area is 103 Å². The lowest BCUT2D eigenvalue weighted by Gasteiger charge is -2.04. The smallest absolute Gasteiger partial charge is 0.356 e. The Morgan fingerprint density at radius 1 is 1.59 bits per heavy atom. The fraction of sp³-hybridized carbons (Fsp3) is 0.556. The van der Waals surface area contributed by atoms with Crippen molar-refractivity contribution in [2.45, 2.75) is 23.5 Å². The zero-order chi connectivity index (χ0) is 12.5. The van der Waals surface area contributed by atoms with E-state index in [4.69, 9.17) is 5.11 Å². The van der Waals surface area contributed by atoms with Gasteiger partial charge >= 0.3 is 5.97 Å². The van der Waals surface area contributed by atoms with Gasteiger partial charge in [-0.15, -0.1) is 11.3 Å². The molecule has 0 unspecified atom stereocenters. The molecule has 0 atom stereocenters. The number of aromatic nitrogens is 1. The molecule has 1 saturated carbocycles. The molecule has 8 heteroatoms. The van der Waals surface area contributed by atoms with Gasteiger partial charge in [-0.2, -0.15) is 0 Å². The first-order chi connectivity index (χ1) is 8.00. The Bertz CT molecular complexity index is 519. The average molecular weight is 276 g/mol. The van der Waals surface area contributed by atoms with Crippen LogP contribution in [0.25, 0.3) is 0 Å². The van der Waals surface area contributed by atoms with Crippen LogP contribution in [-0.2, 0) is 10.0 Å². The van der Waals surface area contributed by atoms with Crippen LogP contribution >= 0.6 is 11.3 Å². The van der Waals surface area contributed by atoms with E-state index >= 15 is 0 Å². The molecule has 0 spiro atoms. The molecule has 0 aliphatic heterocycles. The van der Waals surface area contributed by atoms with Gasteiger partial charge < -0.3 is 5.11 Å². The van der Waals surface area contributed by atoms with Crippen molar-refractivity contribution < 1.29 is 18.3 Å². The molecule has 1 aliphatic rings. The second-order valence-electron chi connectivity index (χ2n) is 3.92. The molecule has 0 amide bonds. The number of hydrogen-bond acceptors (Lipinski definition) is 5. The second kappa shape index (κ2) is 4.71. The van der Waals surface area contributed by atoms with Crippen LogP contribution in [0.1, 0.15) is 29.8 Å². The third-order valence-corrected chi connectivity index (χ3v) is 5.35. The van der Waals surface area contributed by atoms with Gasteiger partial charge in [0.15, 0.2) is 9.90 Å². The molecule has 6 nitrogen and oxygen atoms in total. The Morgan fingerprint density at radius 3 is 2.88 bits per heavy atom. The molecule has 1 fully saturated rings. The number of aromatic carboxylic acids is 1. The van der Waals surface area contributed by atoms with Gasteiger partial charge in [0.05, 0.1) is 5.51 Å². The minimum absolute atomic E-state index is 0.221. The number of carboxylic acid groups (broad SMARTS) is 1. The van der Waals surface area contributed by atoms with Crippen molar-refractivity contribution in [2.75, 3.05) is 6.54 Å². The number of carbonyl (C=O) groups is 1. The third-order valence-electron chi connectivity index (χ3n) is 2.52. The van der Waals surface area contributed by atoms with Gasteiger partial charge in [0.2, 0.25) is 0 Å². The highest BCUT2D eigenvalue weighted by molar-refractivity contribution is 7.91. The predicted octanol–water partition coefficient (Wildman–Crippen LogP) is 0.920. The molecule has 2 rings (SSSR count). The van der Waals surface area contributed by atoms with E-state index in [2.05, 4.69) is 9.71 Å². The highest BCUT2D eigenvalue weighted by Gasteiger charge is 2.26. The van der Waals surface area contributed by atoms with Crippen LogP contribution in [0, 0.1) is 5.92 Å². The summed E-state index contributed by atoms with van der Waals surface area (Å²) in [4.78, 5) is 14.3. The number of thiazole rings is 1. The van der Waals surface area contributed by atoms with E-state index in [1.807, 2.05) is 0 Å². The molecule has 2 N–H and O–H groups in total. The van der Waals surface area contributed by atoms with E-state index in [1.165, 1.54) is 5.51 Å². The summed E-state index contributed by atoms with van der Waals surface area (Å²) in [7, 11) is -3.74. The molecule has 17 heavy (non-hydrogen) atoms. The molecule has 0 saturated heterocycles. The molecule has 1 aromatic heterocycles. The zero-order valence-electron chi connectivity index (χ0n) is 8.92. The molecule has 1 heterocycles. The zero-order valence-corrected chi connectivity index (χ0v) is 10.6. The van der Waals surface area contributed by atoms with E-state index in [0.29, 0.717) is 12.5 Å². The summed E-state index contributed by atoms with van der Waals surface area (Å²) in [5.41, 5.74) is 0.813. The molecule has 1 aromatic rings. The number of nitrogens with one attached hydrogen (secondary N) is 1. The molecule has 0 aromatic carbocycles. The second-order valence-corrected chi connectivity index (χ2v) is 6.74. The van der Waals surface area contributed by atoms with Crippen molar-refractivity contribution in [1.29, 1.82) is 0 Å². The van der Waals surface area contributed by atoms with Gasteiger partial charge in [0, 0.05) is 6.54 Å². The molecular weight excluding hydrogens is 264 g/mol. The highest BCUT2D eigenvalue weighted by Crippen LogP contribution is 2.32. The molecular formula is C9H12N2O4S2. The molecule has 94 valence electrons. The van der Waals surface area contributed by atoms with Crippen molar-refractivity contribution in [3.63, 3.8) is 0 Å². The normalized spacial score (nSPS) is 16.0. The third kappa shape index (κ3) is 3.02. The van der Waals surface area contributed by atoms with E-state index < -0.39 is 21.7 Å². The van der Waals surface area contributed by atoms with Crippen LogP contribution in [0.15, 0.2) is 9.72 Å². The van der Waals surface area contributed by atoms with E-state index in [9.17, 15) is 13.2 Å². The quantitative estimate of drug-likeness (QED) is 0.805. The van der Waals surface area contributed by atoms with Crippen LogP contribution in [0.5, 0.6) is 0 Å². The maximum atomic E-state index is 11.8. The summed E-state index contributed by atoms with van der Waals surface area (Å²) in [5.74, 6) is -0.702.